The summed E-state index contributed by atoms with van der Waals surface area (Å²) in [6, 6.07) is 28.5. The molecular formula is C34H29ClFN3OS. The summed E-state index contributed by atoms with van der Waals surface area (Å²) >= 11 is 7.68. The number of carbonyl (C=O) groups is 1. The van der Waals surface area contributed by atoms with Gasteiger partial charge in [-0.25, -0.2) is 9.82 Å². The standard InChI is InChI=1S/C34H29ClFN3OS/c1-21(38-39-34(40)24-7-5-22(6-8-24)20-41-28-16-12-26(35)13-17-28)25-11-18-32-31(19-25)29-3-2-4-30(29)33(37-32)23-9-14-27(36)15-10-23/h2-3,5-19,29-30,33,37H,4,20H2,1H3,(H,39,40)/b38-21-/t29-,30+,33+/m1/s1. The number of amides is 1. The summed E-state index contributed by atoms with van der Waals surface area (Å²) in [5.41, 5.74) is 9.47. The van der Waals surface area contributed by atoms with E-state index in [1.807, 2.05) is 73.7 Å². The molecule has 0 bridgehead atoms. The number of halogens is 2. The highest BCUT2D eigenvalue weighted by Crippen LogP contribution is 2.50. The number of hydrogen-bond acceptors (Lipinski definition) is 4. The van der Waals surface area contributed by atoms with Crippen LogP contribution in [0.3, 0.4) is 0 Å². The van der Waals surface area contributed by atoms with Gasteiger partial charge >= 0.3 is 0 Å². The highest BCUT2D eigenvalue weighted by molar-refractivity contribution is 7.98. The molecule has 3 atom stereocenters. The quantitative estimate of drug-likeness (QED) is 0.0992. The van der Waals surface area contributed by atoms with Gasteiger partial charge in [-0.2, -0.15) is 5.10 Å². The highest BCUT2D eigenvalue weighted by Gasteiger charge is 2.38. The Hall–Kier alpha value is -3.87. The molecule has 0 unspecified atom stereocenters. The number of allylic oxidation sites excluding steroid dienone is 2. The molecule has 2 N–H and O–H groups in total. The monoisotopic (exact) mass is 581 g/mol. The summed E-state index contributed by atoms with van der Waals surface area (Å²) in [4.78, 5) is 13.9. The summed E-state index contributed by atoms with van der Waals surface area (Å²) in [5.74, 6) is 0.948. The van der Waals surface area contributed by atoms with Crippen LogP contribution >= 0.6 is 23.4 Å². The fourth-order valence-electron chi connectivity index (χ4n) is 5.53. The van der Waals surface area contributed by atoms with Gasteiger partial charge < -0.3 is 5.32 Å². The minimum atomic E-state index is -0.248. The van der Waals surface area contributed by atoms with Crippen LogP contribution in [0.1, 0.15) is 57.9 Å². The third-order valence-corrected chi connectivity index (χ3v) is 9.11. The van der Waals surface area contributed by atoms with Gasteiger partial charge in [-0.15, -0.1) is 11.8 Å². The summed E-state index contributed by atoms with van der Waals surface area (Å²) in [6.45, 7) is 1.90. The predicted octanol–water partition coefficient (Wildman–Crippen LogP) is 8.75. The van der Waals surface area contributed by atoms with Crippen molar-refractivity contribution in [2.75, 3.05) is 5.32 Å². The fourth-order valence-corrected chi connectivity index (χ4v) is 6.51. The number of carbonyl (C=O) groups excluding carboxylic acids is 1. The molecule has 1 aliphatic carbocycles. The van der Waals surface area contributed by atoms with Crippen molar-refractivity contribution in [3.63, 3.8) is 0 Å². The Kier molecular flexibility index (Phi) is 7.95. The topological polar surface area (TPSA) is 53.5 Å². The van der Waals surface area contributed by atoms with Crippen LogP contribution in [-0.4, -0.2) is 11.6 Å². The zero-order chi connectivity index (χ0) is 28.3. The first-order valence-corrected chi connectivity index (χ1v) is 15.0. The third kappa shape index (κ3) is 6.09. The number of rotatable bonds is 7. The van der Waals surface area contributed by atoms with Crippen molar-refractivity contribution in [2.24, 2.45) is 11.0 Å². The molecular weight excluding hydrogens is 553 g/mol. The molecule has 1 amide bonds. The molecule has 7 heteroatoms. The average molecular weight is 582 g/mol. The lowest BCUT2D eigenvalue weighted by molar-refractivity contribution is 0.0955. The zero-order valence-electron chi connectivity index (χ0n) is 22.5. The van der Waals surface area contributed by atoms with Crippen molar-refractivity contribution in [3.8, 4) is 0 Å². The molecule has 4 aromatic rings. The smallest absolute Gasteiger partial charge is 0.271 e. The van der Waals surface area contributed by atoms with E-state index in [-0.39, 0.29) is 23.7 Å². The minimum Gasteiger partial charge on any atom is -0.378 e. The summed E-state index contributed by atoms with van der Waals surface area (Å²) in [6.07, 6.45) is 5.47. The van der Waals surface area contributed by atoms with Crippen LogP contribution < -0.4 is 10.7 Å². The third-order valence-electron chi connectivity index (χ3n) is 7.77. The maximum absolute atomic E-state index is 13.5. The second kappa shape index (κ2) is 11.9. The first-order chi connectivity index (χ1) is 19.9. The van der Waals surface area contributed by atoms with Crippen LogP contribution in [0.2, 0.25) is 5.02 Å². The number of hydrazone groups is 1. The summed E-state index contributed by atoms with van der Waals surface area (Å²) in [7, 11) is 0. The average Bonchev–Trinajstić information content (AvgIpc) is 3.50. The van der Waals surface area contributed by atoms with Crippen molar-refractivity contribution in [2.45, 2.75) is 36.0 Å². The minimum absolute atomic E-state index is 0.116. The van der Waals surface area contributed by atoms with E-state index in [4.69, 9.17) is 11.6 Å². The van der Waals surface area contributed by atoms with Crippen LogP contribution in [-0.2, 0) is 5.75 Å². The molecule has 4 nitrogen and oxygen atoms in total. The van der Waals surface area contributed by atoms with Gasteiger partial charge in [0.2, 0.25) is 0 Å². The number of benzene rings is 4. The van der Waals surface area contributed by atoms with E-state index in [1.165, 1.54) is 17.7 Å². The van der Waals surface area contributed by atoms with Crippen molar-refractivity contribution in [3.05, 3.63) is 142 Å². The maximum atomic E-state index is 13.5. The SMILES string of the molecule is C/C(=N/NC(=O)c1ccc(CSc2ccc(Cl)cc2)cc1)c1ccc2c(c1)[C@@H]1C=CC[C@@H]1[C@H](c1ccc(F)cc1)N2. The summed E-state index contributed by atoms with van der Waals surface area (Å²) in [5, 5.41) is 8.82. The second-order valence-corrected chi connectivity index (χ2v) is 11.9. The normalized spacial score (nSPS) is 19.3. The number of anilines is 1. The molecule has 0 saturated heterocycles. The van der Waals surface area contributed by atoms with Gasteiger partial charge in [0.1, 0.15) is 5.82 Å². The van der Waals surface area contributed by atoms with Crippen molar-refractivity contribution in [1.82, 2.24) is 5.43 Å². The van der Waals surface area contributed by atoms with E-state index in [0.717, 1.165) is 50.2 Å². The van der Waals surface area contributed by atoms with Gasteiger partial charge in [-0.3, -0.25) is 4.79 Å². The lowest BCUT2D eigenvalue weighted by atomic mass is 9.76. The van der Waals surface area contributed by atoms with Crippen LogP contribution in [0.5, 0.6) is 0 Å². The largest absolute Gasteiger partial charge is 0.378 e. The van der Waals surface area contributed by atoms with Gasteiger partial charge in [0.25, 0.3) is 5.91 Å². The Morgan fingerprint density at radius 1 is 1.00 bits per heavy atom. The highest BCUT2D eigenvalue weighted by atomic mass is 35.5. The second-order valence-electron chi connectivity index (χ2n) is 10.4. The van der Waals surface area contributed by atoms with E-state index in [9.17, 15) is 9.18 Å². The van der Waals surface area contributed by atoms with Gasteiger partial charge in [0, 0.05) is 32.8 Å². The predicted molar refractivity (Wildman–Crippen MR) is 166 cm³/mol. The van der Waals surface area contributed by atoms with Gasteiger partial charge in [-0.1, -0.05) is 54.1 Å². The lowest BCUT2D eigenvalue weighted by Gasteiger charge is -2.37. The van der Waals surface area contributed by atoms with Crippen molar-refractivity contribution < 1.29 is 9.18 Å². The van der Waals surface area contributed by atoms with Gasteiger partial charge in [0.05, 0.1) is 11.8 Å². The van der Waals surface area contributed by atoms with Gasteiger partial charge in [-0.05, 0) is 102 Å². The Morgan fingerprint density at radius 3 is 2.49 bits per heavy atom. The lowest BCUT2D eigenvalue weighted by Crippen LogP contribution is -2.29. The van der Waals surface area contributed by atoms with Gasteiger partial charge in [0.15, 0.2) is 0 Å². The van der Waals surface area contributed by atoms with E-state index >= 15 is 0 Å². The Morgan fingerprint density at radius 2 is 1.73 bits per heavy atom. The molecule has 1 aliphatic heterocycles. The molecule has 6 rings (SSSR count). The molecule has 0 radical (unpaired) electrons. The molecule has 4 aromatic carbocycles. The van der Waals surface area contributed by atoms with Crippen molar-refractivity contribution in [1.29, 1.82) is 0 Å². The number of nitrogens with one attached hydrogen (secondary N) is 2. The van der Waals surface area contributed by atoms with E-state index in [2.05, 4.69) is 40.1 Å². The molecule has 206 valence electrons. The van der Waals surface area contributed by atoms with Crippen molar-refractivity contribution >= 4 is 40.7 Å². The number of hydrogen-bond donors (Lipinski definition) is 2. The molecule has 41 heavy (non-hydrogen) atoms. The van der Waals surface area contributed by atoms with E-state index in [0.29, 0.717) is 11.5 Å². The van der Waals surface area contributed by atoms with E-state index < -0.39 is 0 Å². The van der Waals surface area contributed by atoms with Crippen LogP contribution in [0.4, 0.5) is 10.1 Å². The Labute approximate surface area is 248 Å². The number of nitrogens with zero attached hydrogens (tertiary/aromatic N) is 1. The maximum Gasteiger partial charge on any atom is 0.271 e. The van der Waals surface area contributed by atoms with Crippen LogP contribution in [0.25, 0.3) is 0 Å². The van der Waals surface area contributed by atoms with Crippen LogP contribution in [0, 0.1) is 11.7 Å². The first kappa shape index (κ1) is 27.3. The molecule has 2 aliphatic rings. The molecule has 0 saturated carbocycles. The Balaban J connectivity index is 1.11. The number of fused-ring (bicyclic) bond motifs is 3. The molecule has 0 fully saturated rings. The Bertz CT molecular complexity index is 1620. The number of thioether (sulfide) groups is 1. The summed E-state index contributed by atoms with van der Waals surface area (Å²) < 4.78 is 13.5. The molecule has 0 spiro atoms. The first-order valence-electron chi connectivity index (χ1n) is 13.6. The van der Waals surface area contributed by atoms with Crippen LogP contribution in [0.15, 0.2) is 113 Å². The molecule has 0 aromatic heterocycles. The van der Waals surface area contributed by atoms with E-state index in [1.54, 1.807) is 11.8 Å². The molecule has 1 heterocycles. The fraction of sp³-hybridized carbons (Fsp3) is 0.176. The zero-order valence-corrected chi connectivity index (χ0v) is 24.1.